The minimum Gasteiger partial charge on any atom is -0.444 e. The fourth-order valence-corrected chi connectivity index (χ4v) is 11.1. The van der Waals surface area contributed by atoms with Gasteiger partial charge < -0.3 is 73.8 Å². The molecule has 5 aliphatic heterocycles. The number of hydrogen-bond acceptors (Lipinski definition) is 19. The Balaban J connectivity index is 0.000000403. The summed E-state index contributed by atoms with van der Waals surface area (Å²) in [6, 6.07) is 27.1. The quantitative estimate of drug-likeness (QED) is 0.0407. The largest absolute Gasteiger partial charge is 0.444 e. The average molecular weight is 1450 g/mol. The van der Waals surface area contributed by atoms with Crippen molar-refractivity contribution in [3.8, 4) is 0 Å². The lowest BCUT2D eigenvalue weighted by Gasteiger charge is -2.36. The zero-order valence-electron chi connectivity index (χ0n) is 55.5. The molecule has 26 heteroatoms. The first-order chi connectivity index (χ1) is 42.6. The zero-order valence-corrected chi connectivity index (χ0v) is 59.5. The standard InChI is InChI=1S/C18H26BrNO6S.C18H26N2O3.C11H20BrNO4.C9H15NO2.C7H9N.C2H6O2.CH4/c1-13-5-7-14(8-6-13)27(22,23)25-10-9-24-16-12-20(11-15(16)19)17(21)26-18(2,3)4;1-18(2,3)23-17(21)20-12-15-16(13-20)22-10-9-19(15)11-14-7-5-4-6-8-14;1-11(2,3)17-10(15)13-6-8(12)9(7-13)16-5-4-14;1-9(2,3)12-8(11)10-6-4-5-7-10;8-6-7-4-2-1-3-5-7;3-1-2-4;/h5-8,15-16H,9-12H2,1-4H3;4-8,15-16H,9-13H2,1-3H3;8-9,14H,4-7H2,1-3H3;4-5H,6-7H2,1-3H3;1-5H,6,8H2;3-4H,1-2H2;1H4. The summed E-state index contributed by atoms with van der Waals surface area (Å²) in [6.07, 6.45) is 2.47. The molecule has 3 aromatic carbocycles. The Morgan fingerprint density at radius 3 is 1.37 bits per heavy atom. The summed E-state index contributed by atoms with van der Waals surface area (Å²) in [5, 5.41) is 23.9. The van der Waals surface area contributed by atoms with Crippen LogP contribution < -0.4 is 5.73 Å². The lowest BCUT2D eigenvalue weighted by Crippen LogP contribution is -2.50. The van der Waals surface area contributed by atoms with Crippen LogP contribution in [0.15, 0.2) is 102 Å². The van der Waals surface area contributed by atoms with E-state index in [0.29, 0.717) is 58.9 Å². The molecule has 0 aliphatic carbocycles. The first kappa shape index (κ1) is 83.1. The number of alkyl halides is 2. The van der Waals surface area contributed by atoms with E-state index in [9.17, 15) is 27.6 Å². The first-order valence-corrected chi connectivity index (χ1v) is 33.8. The average Bonchev–Trinajstić information content (AvgIpc) is 1.66. The number of rotatable bonds is 13. The second kappa shape index (κ2) is 40.4. The van der Waals surface area contributed by atoms with Crippen molar-refractivity contribution in [3.05, 3.63) is 114 Å². The number of carbonyl (C=O) groups is 4. The van der Waals surface area contributed by atoms with Crippen LogP contribution in [0.1, 0.15) is 107 Å². The molecule has 8 rings (SSSR count). The van der Waals surface area contributed by atoms with Gasteiger partial charge >= 0.3 is 24.4 Å². The highest BCUT2D eigenvalue weighted by molar-refractivity contribution is 9.09. The Kier molecular flexibility index (Phi) is 36.5. The third-order valence-electron chi connectivity index (χ3n) is 13.0. The molecule has 5 aliphatic rings. The summed E-state index contributed by atoms with van der Waals surface area (Å²) in [5.74, 6) is 0. The first-order valence-electron chi connectivity index (χ1n) is 30.6. The van der Waals surface area contributed by atoms with Gasteiger partial charge in [0.15, 0.2) is 0 Å². The number of aliphatic hydroxyl groups excluding tert-OH is 3. The van der Waals surface area contributed by atoms with Gasteiger partial charge in [-0.1, -0.05) is 130 Å². The molecule has 4 saturated heterocycles. The van der Waals surface area contributed by atoms with Crippen molar-refractivity contribution in [3.63, 3.8) is 0 Å². The smallest absolute Gasteiger partial charge is 0.410 e. The van der Waals surface area contributed by atoms with Crippen molar-refractivity contribution in [2.45, 2.75) is 172 Å². The van der Waals surface area contributed by atoms with E-state index in [1.165, 1.54) is 23.3 Å². The summed E-state index contributed by atoms with van der Waals surface area (Å²) in [7, 11) is -3.81. The third kappa shape index (κ3) is 32.9. The van der Waals surface area contributed by atoms with Gasteiger partial charge in [0.2, 0.25) is 0 Å². The number of carbonyl (C=O) groups excluding carboxylic acids is 4. The summed E-state index contributed by atoms with van der Waals surface area (Å²) < 4.78 is 67.6. The third-order valence-corrected chi connectivity index (χ3v) is 16.1. The van der Waals surface area contributed by atoms with Crippen LogP contribution in [-0.4, -0.2) is 234 Å². The van der Waals surface area contributed by atoms with Crippen LogP contribution in [-0.2, 0) is 60.5 Å². The number of likely N-dealkylation sites (tertiary alicyclic amines) is 3. The summed E-state index contributed by atoms with van der Waals surface area (Å²) in [6.45, 7) is 31.8. The topological polar surface area (TPSA) is 279 Å². The molecular weight excluding hydrogens is 1340 g/mol. The van der Waals surface area contributed by atoms with E-state index >= 15 is 0 Å². The molecule has 0 saturated carbocycles. The molecule has 5 heterocycles. The normalized spacial score (nSPS) is 20.3. The predicted octanol–water partition coefficient (Wildman–Crippen LogP) is 9.53. The highest BCUT2D eigenvalue weighted by Gasteiger charge is 2.43. The van der Waals surface area contributed by atoms with Crippen molar-refractivity contribution in [2.75, 3.05) is 105 Å². The van der Waals surface area contributed by atoms with Crippen LogP contribution >= 0.6 is 31.9 Å². The van der Waals surface area contributed by atoms with Crippen LogP contribution in [0.4, 0.5) is 19.2 Å². The van der Waals surface area contributed by atoms with E-state index in [1.807, 2.05) is 139 Å². The van der Waals surface area contributed by atoms with E-state index < -0.39 is 33.0 Å². The fourth-order valence-electron chi connectivity index (χ4n) is 8.87. The number of hydrogen-bond donors (Lipinski definition) is 4. The molecule has 522 valence electrons. The van der Waals surface area contributed by atoms with Gasteiger partial charge in [0.25, 0.3) is 10.1 Å². The number of aryl methyl sites for hydroxylation is 1. The number of benzene rings is 3. The number of amides is 4. The summed E-state index contributed by atoms with van der Waals surface area (Å²) in [4.78, 5) is 56.7. The van der Waals surface area contributed by atoms with E-state index in [4.69, 9.17) is 58.4 Å². The number of nitrogens with zero attached hydrogens (tertiary/aromatic N) is 5. The van der Waals surface area contributed by atoms with E-state index in [1.54, 1.807) is 31.7 Å². The molecule has 3 aromatic rings. The number of halogens is 2. The monoisotopic (exact) mass is 1440 g/mol. The maximum atomic E-state index is 12.3. The van der Waals surface area contributed by atoms with Crippen molar-refractivity contribution < 1.29 is 80.3 Å². The Hall–Kier alpha value is -4.97. The van der Waals surface area contributed by atoms with Crippen LogP contribution in [0.25, 0.3) is 0 Å². The van der Waals surface area contributed by atoms with Crippen LogP contribution in [0.5, 0.6) is 0 Å². The van der Waals surface area contributed by atoms with Gasteiger partial charge in [0.1, 0.15) is 22.4 Å². The molecule has 23 nitrogen and oxygen atoms in total. The number of aliphatic hydroxyl groups is 3. The van der Waals surface area contributed by atoms with Crippen LogP contribution in [0.3, 0.4) is 0 Å². The molecule has 0 aromatic heterocycles. The Morgan fingerprint density at radius 2 is 0.967 bits per heavy atom. The van der Waals surface area contributed by atoms with Gasteiger partial charge in [-0.3, -0.25) is 9.08 Å². The molecule has 5 N–H and O–H groups in total. The molecular formula is C66H106Br2N6O17S. The number of nitrogens with two attached hydrogens (primary N) is 1. The van der Waals surface area contributed by atoms with Gasteiger partial charge in [0, 0.05) is 52.4 Å². The second-order valence-electron chi connectivity index (χ2n) is 25.7. The van der Waals surface area contributed by atoms with E-state index in [0.717, 1.165) is 25.3 Å². The molecule has 4 amide bonds. The van der Waals surface area contributed by atoms with Gasteiger partial charge in [-0.15, -0.1) is 0 Å². The lowest BCUT2D eigenvalue weighted by atomic mass is 10.1. The van der Waals surface area contributed by atoms with Crippen molar-refractivity contribution >= 4 is 66.4 Å². The zero-order chi connectivity index (χ0) is 68.2. The molecule has 6 unspecified atom stereocenters. The Morgan fingerprint density at radius 1 is 0.554 bits per heavy atom. The minimum atomic E-state index is -3.81. The minimum absolute atomic E-state index is 0. The van der Waals surface area contributed by atoms with Crippen molar-refractivity contribution in [1.29, 1.82) is 0 Å². The summed E-state index contributed by atoms with van der Waals surface area (Å²) >= 11 is 6.96. The van der Waals surface area contributed by atoms with Crippen LogP contribution in [0.2, 0.25) is 0 Å². The van der Waals surface area contributed by atoms with Gasteiger partial charge in [-0.25, -0.2) is 19.2 Å². The predicted molar refractivity (Wildman–Crippen MR) is 362 cm³/mol. The molecule has 92 heavy (non-hydrogen) atoms. The molecule has 4 fully saturated rings. The second-order valence-corrected chi connectivity index (χ2v) is 29.7. The van der Waals surface area contributed by atoms with Crippen LogP contribution in [0, 0.1) is 6.92 Å². The number of morpholine rings is 1. The van der Waals surface area contributed by atoms with Crippen molar-refractivity contribution in [2.24, 2.45) is 5.73 Å². The molecule has 0 spiro atoms. The van der Waals surface area contributed by atoms with E-state index in [-0.39, 0.29) is 110 Å². The summed E-state index contributed by atoms with van der Waals surface area (Å²) in [5.41, 5.74) is 6.91. The van der Waals surface area contributed by atoms with Crippen molar-refractivity contribution in [1.82, 2.24) is 24.5 Å². The highest BCUT2D eigenvalue weighted by Crippen LogP contribution is 2.28. The van der Waals surface area contributed by atoms with Gasteiger partial charge in [-0.2, -0.15) is 8.42 Å². The fraction of sp³-hybridized carbons (Fsp3) is 0.636. The molecule has 6 atom stereocenters. The number of fused-ring (bicyclic) bond motifs is 1. The maximum absolute atomic E-state index is 12.3. The highest BCUT2D eigenvalue weighted by atomic mass is 79.9. The SMILES string of the molecule is C.CC(C)(C)OC(=O)N1CC(Br)C(OCCO)C1.CC(C)(C)OC(=O)N1CC2OCCN(Cc3ccccc3)C2C1.CC(C)(C)OC(=O)N1CC=CC1.Cc1ccc(S(=O)(=O)OCCOC2CN(C(=O)OC(C)(C)C)CC2Br)cc1.NCc1ccccc1.OCCO. The van der Waals surface area contributed by atoms with Gasteiger partial charge in [-0.05, 0) is 113 Å². The maximum Gasteiger partial charge on any atom is 0.410 e. The lowest BCUT2D eigenvalue weighted by molar-refractivity contribution is -0.0505. The van der Waals surface area contributed by atoms with E-state index in [2.05, 4.69) is 61.0 Å². The molecule has 0 radical (unpaired) electrons. The molecule has 0 bridgehead atoms. The van der Waals surface area contributed by atoms with Gasteiger partial charge in [0.05, 0.1) is 105 Å². The number of ether oxygens (including phenoxy) is 7. The Labute approximate surface area is 564 Å². The Bertz CT molecular complexity index is 2740.